The van der Waals surface area contributed by atoms with Gasteiger partial charge in [0.15, 0.2) is 5.65 Å². The zero-order valence-electron chi connectivity index (χ0n) is 17.9. The Morgan fingerprint density at radius 2 is 1.82 bits per heavy atom. The minimum absolute atomic E-state index is 0.120. The number of aromatic nitrogens is 4. The molecule has 33 heavy (non-hydrogen) atoms. The molecule has 1 saturated heterocycles. The Bertz CT molecular complexity index is 1490. The highest BCUT2D eigenvalue weighted by atomic mass is 79.9. The number of para-hydroxylation sites is 1. The number of anilines is 1. The highest BCUT2D eigenvalue weighted by molar-refractivity contribution is 9.10. The lowest BCUT2D eigenvalue weighted by atomic mass is 9.94. The zero-order valence-corrected chi connectivity index (χ0v) is 20.3. The maximum atomic E-state index is 12.6. The fraction of sp³-hybridized carbons (Fsp3) is 0.348. The van der Waals surface area contributed by atoms with Gasteiger partial charge in [-0.25, -0.2) is 17.7 Å². The van der Waals surface area contributed by atoms with Crippen LogP contribution in [-0.2, 0) is 10.0 Å². The van der Waals surface area contributed by atoms with Gasteiger partial charge in [-0.15, -0.1) is 0 Å². The Labute approximate surface area is 200 Å². The number of halogens is 1. The number of nitrogens with two attached hydrogens (primary N) is 1. The predicted molar refractivity (Wildman–Crippen MR) is 131 cm³/mol. The highest BCUT2D eigenvalue weighted by Crippen LogP contribution is 2.39. The molecule has 4 aromatic rings. The van der Waals surface area contributed by atoms with E-state index in [0.717, 1.165) is 45.0 Å². The van der Waals surface area contributed by atoms with Crippen molar-refractivity contribution in [2.24, 2.45) is 0 Å². The quantitative estimate of drug-likeness (QED) is 0.431. The molecule has 1 saturated carbocycles. The van der Waals surface area contributed by atoms with Gasteiger partial charge in [0.1, 0.15) is 5.82 Å². The second kappa shape index (κ2) is 7.75. The number of hydrogen-bond donors (Lipinski definition) is 1. The molecule has 0 atom stereocenters. The third-order valence-corrected chi connectivity index (χ3v) is 9.91. The van der Waals surface area contributed by atoms with Crippen LogP contribution >= 0.6 is 15.9 Å². The molecule has 3 aromatic heterocycles. The molecule has 2 fully saturated rings. The van der Waals surface area contributed by atoms with E-state index in [-0.39, 0.29) is 11.2 Å². The van der Waals surface area contributed by atoms with Crippen molar-refractivity contribution < 1.29 is 8.42 Å². The molecule has 2 aliphatic rings. The first-order valence-corrected chi connectivity index (χ1v) is 13.4. The van der Waals surface area contributed by atoms with Crippen molar-refractivity contribution in [2.75, 3.05) is 18.8 Å². The lowest BCUT2D eigenvalue weighted by molar-refractivity contribution is 0.316. The second-order valence-electron chi connectivity index (χ2n) is 8.82. The molecule has 1 aromatic carbocycles. The van der Waals surface area contributed by atoms with Crippen molar-refractivity contribution in [2.45, 2.75) is 36.9 Å². The number of sulfonamides is 1. The number of nitrogen functional groups attached to an aromatic ring is 1. The van der Waals surface area contributed by atoms with Crippen LogP contribution in [0.1, 0.15) is 37.3 Å². The summed E-state index contributed by atoms with van der Waals surface area (Å²) < 4.78 is 29.2. The van der Waals surface area contributed by atoms with Gasteiger partial charge in [0.25, 0.3) is 0 Å². The number of benzene rings is 1. The average molecular weight is 527 g/mol. The fourth-order valence-corrected chi connectivity index (χ4v) is 7.12. The fourth-order valence-electron chi connectivity index (χ4n) is 4.67. The van der Waals surface area contributed by atoms with Crippen molar-refractivity contribution in [1.29, 1.82) is 0 Å². The van der Waals surface area contributed by atoms with Crippen LogP contribution in [0.15, 0.2) is 47.2 Å². The van der Waals surface area contributed by atoms with Crippen LogP contribution in [-0.4, -0.2) is 50.6 Å². The average Bonchev–Trinajstić information content (AvgIpc) is 3.62. The molecule has 1 aliphatic heterocycles. The molecular formula is C23H23BrN6O2S. The number of hydrogen-bond acceptors (Lipinski definition) is 6. The van der Waals surface area contributed by atoms with Gasteiger partial charge in [0.05, 0.1) is 27.1 Å². The Morgan fingerprint density at radius 1 is 1.06 bits per heavy atom. The number of piperidine rings is 1. The maximum absolute atomic E-state index is 12.6. The molecule has 2 N–H and O–H groups in total. The van der Waals surface area contributed by atoms with Crippen molar-refractivity contribution in [3.63, 3.8) is 0 Å². The van der Waals surface area contributed by atoms with Gasteiger partial charge in [0.2, 0.25) is 10.0 Å². The van der Waals surface area contributed by atoms with Crippen molar-refractivity contribution in [1.82, 2.24) is 23.9 Å². The van der Waals surface area contributed by atoms with Gasteiger partial charge in [-0.05, 0) is 53.7 Å². The minimum Gasteiger partial charge on any atom is -0.383 e. The van der Waals surface area contributed by atoms with E-state index in [4.69, 9.17) is 10.7 Å². The van der Waals surface area contributed by atoms with Crippen LogP contribution in [0, 0.1) is 0 Å². The molecule has 8 nitrogen and oxygen atoms in total. The molecule has 0 radical (unpaired) electrons. The van der Waals surface area contributed by atoms with Gasteiger partial charge < -0.3 is 5.73 Å². The highest BCUT2D eigenvalue weighted by Gasteiger charge is 2.41. The smallest absolute Gasteiger partial charge is 0.216 e. The molecular weight excluding hydrogens is 504 g/mol. The van der Waals surface area contributed by atoms with Crippen molar-refractivity contribution in [3.05, 3.63) is 52.9 Å². The van der Waals surface area contributed by atoms with E-state index < -0.39 is 10.0 Å². The Hall–Kier alpha value is -2.56. The predicted octanol–water partition coefficient (Wildman–Crippen LogP) is 3.96. The summed E-state index contributed by atoms with van der Waals surface area (Å²) in [4.78, 5) is 9.57. The van der Waals surface area contributed by atoms with Gasteiger partial charge in [0, 0.05) is 41.7 Å². The van der Waals surface area contributed by atoms with Crippen LogP contribution in [0.3, 0.4) is 0 Å². The van der Waals surface area contributed by atoms with Crippen molar-refractivity contribution >= 4 is 48.3 Å². The topological polar surface area (TPSA) is 106 Å². The molecule has 6 rings (SSSR count). The summed E-state index contributed by atoms with van der Waals surface area (Å²) in [5.41, 5.74) is 10.7. The summed E-state index contributed by atoms with van der Waals surface area (Å²) in [5.74, 6) is 0.609. The minimum atomic E-state index is -3.14. The number of pyridine rings is 1. The van der Waals surface area contributed by atoms with Gasteiger partial charge in [-0.1, -0.05) is 18.2 Å². The normalized spacial score (nSPS) is 18.3. The summed E-state index contributed by atoms with van der Waals surface area (Å²) in [6.45, 7) is 1.03. The zero-order chi connectivity index (χ0) is 22.7. The number of nitrogens with zero attached hydrogens (tertiary/aromatic N) is 5. The summed E-state index contributed by atoms with van der Waals surface area (Å²) in [7, 11) is -3.14. The summed E-state index contributed by atoms with van der Waals surface area (Å²) in [5, 5.41) is 5.35. The van der Waals surface area contributed by atoms with Crippen LogP contribution in [0.2, 0.25) is 0 Å². The monoisotopic (exact) mass is 526 g/mol. The van der Waals surface area contributed by atoms with E-state index in [1.165, 1.54) is 0 Å². The van der Waals surface area contributed by atoms with Gasteiger partial charge in [-0.3, -0.25) is 4.98 Å². The van der Waals surface area contributed by atoms with E-state index >= 15 is 0 Å². The third-order valence-electron chi connectivity index (χ3n) is 6.70. The standard InChI is InChI=1S/C23H23BrN6O2S/c24-20-21(14-7-9-29(10-8-14)33(31,32)17-5-6-17)28-23-18(13-27-30(23)22(20)25)16-11-15-3-1-2-4-19(15)26-12-16/h1-4,11-14,17H,5-10,25H2. The van der Waals surface area contributed by atoms with E-state index in [1.54, 1.807) is 15.0 Å². The number of fused-ring (bicyclic) bond motifs is 2. The SMILES string of the molecule is Nc1c(Br)c(C2CCN(S(=O)(=O)C3CC3)CC2)nc2c(-c3cnc4ccccc4c3)cnn12. The Balaban J connectivity index is 1.36. The molecule has 0 unspecified atom stereocenters. The van der Waals surface area contributed by atoms with Crippen LogP contribution in [0.5, 0.6) is 0 Å². The lowest BCUT2D eigenvalue weighted by Crippen LogP contribution is -2.40. The van der Waals surface area contributed by atoms with Gasteiger partial charge in [-0.2, -0.15) is 9.61 Å². The first kappa shape index (κ1) is 21.0. The van der Waals surface area contributed by atoms with E-state index in [1.807, 2.05) is 30.5 Å². The molecule has 4 heterocycles. The van der Waals surface area contributed by atoms with Crippen LogP contribution < -0.4 is 5.73 Å². The molecule has 0 spiro atoms. The Kier molecular flexibility index (Phi) is 4.93. The van der Waals surface area contributed by atoms with Gasteiger partial charge >= 0.3 is 0 Å². The lowest BCUT2D eigenvalue weighted by Gasteiger charge is -2.31. The summed E-state index contributed by atoms with van der Waals surface area (Å²) in [6, 6.07) is 10.1. The summed E-state index contributed by atoms with van der Waals surface area (Å²) in [6.07, 6.45) is 6.61. The van der Waals surface area contributed by atoms with E-state index in [2.05, 4.69) is 32.1 Å². The Morgan fingerprint density at radius 3 is 2.58 bits per heavy atom. The number of rotatable bonds is 4. The summed E-state index contributed by atoms with van der Waals surface area (Å²) >= 11 is 3.63. The van der Waals surface area contributed by atoms with Crippen LogP contribution in [0.4, 0.5) is 5.82 Å². The van der Waals surface area contributed by atoms with E-state index in [0.29, 0.717) is 37.4 Å². The molecule has 0 amide bonds. The first-order chi connectivity index (χ1) is 15.9. The largest absolute Gasteiger partial charge is 0.383 e. The molecule has 1 aliphatic carbocycles. The van der Waals surface area contributed by atoms with Crippen LogP contribution in [0.25, 0.3) is 27.7 Å². The first-order valence-electron chi connectivity index (χ1n) is 11.1. The molecule has 0 bridgehead atoms. The second-order valence-corrected chi connectivity index (χ2v) is 11.8. The van der Waals surface area contributed by atoms with E-state index in [9.17, 15) is 8.42 Å². The van der Waals surface area contributed by atoms with Crippen molar-refractivity contribution in [3.8, 4) is 11.1 Å². The third kappa shape index (κ3) is 3.51. The molecule has 170 valence electrons. The maximum Gasteiger partial charge on any atom is 0.216 e. The molecule has 10 heteroatoms.